The van der Waals surface area contributed by atoms with Gasteiger partial charge in [0.25, 0.3) is 0 Å². The van der Waals surface area contributed by atoms with Crippen LogP contribution in [0.1, 0.15) is 6.92 Å². The standard InChI is InChI=1S/C8H9FO2/c1-3-7(8(10)11)5-4-6(2)9/h3-5H,1H2,2H3,(H,10,11)/b6-4+,7-5+. The van der Waals surface area contributed by atoms with E-state index < -0.39 is 11.8 Å². The van der Waals surface area contributed by atoms with Gasteiger partial charge in [0.05, 0.1) is 11.4 Å². The molecule has 0 aromatic rings. The first-order chi connectivity index (χ1) is 5.07. The van der Waals surface area contributed by atoms with Crippen molar-refractivity contribution in [2.75, 3.05) is 0 Å². The van der Waals surface area contributed by atoms with Crippen molar-refractivity contribution in [1.82, 2.24) is 0 Å². The monoisotopic (exact) mass is 156 g/mol. The Morgan fingerprint density at radius 3 is 2.36 bits per heavy atom. The van der Waals surface area contributed by atoms with Crippen molar-refractivity contribution < 1.29 is 14.3 Å². The Kier molecular flexibility index (Phi) is 3.88. The van der Waals surface area contributed by atoms with Crippen LogP contribution in [0.2, 0.25) is 0 Å². The van der Waals surface area contributed by atoms with Crippen molar-refractivity contribution in [3.63, 3.8) is 0 Å². The van der Waals surface area contributed by atoms with Crippen molar-refractivity contribution >= 4 is 5.97 Å². The highest BCUT2D eigenvalue weighted by atomic mass is 19.1. The molecule has 0 radical (unpaired) electrons. The molecule has 0 aromatic heterocycles. The van der Waals surface area contributed by atoms with Gasteiger partial charge >= 0.3 is 5.97 Å². The van der Waals surface area contributed by atoms with Crippen molar-refractivity contribution in [2.45, 2.75) is 6.92 Å². The van der Waals surface area contributed by atoms with Gasteiger partial charge in [-0.3, -0.25) is 0 Å². The largest absolute Gasteiger partial charge is 0.478 e. The van der Waals surface area contributed by atoms with E-state index >= 15 is 0 Å². The number of hydrogen-bond donors (Lipinski definition) is 1. The van der Waals surface area contributed by atoms with E-state index in [9.17, 15) is 9.18 Å². The van der Waals surface area contributed by atoms with Crippen LogP contribution in [0.15, 0.2) is 36.2 Å². The van der Waals surface area contributed by atoms with Crippen LogP contribution in [-0.4, -0.2) is 11.1 Å². The van der Waals surface area contributed by atoms with Gasteiger partial charge in [0.15, 0.2) is 0 Å². The van der Waals surface area contributed by atoms with E-state index in [1.54, 1.807) is 0 Å². The molecule has 0 saturated heterocycles. The van der Waals surface area contributed by atoms with E-state index in [2.05, 4.69) is 6.58 Å². The zero-order valence-corrected chi connectivity index (χ0v) is 6.17. The summed E-state index contributed by atoms with van der Waals surface area (Å²) in [6, 6.07) is 0. The highest BCUT2D eigenvalue weighted by Gasteiger charge is 1.98. The minimum Gasteiger partial charge on any atom is -0.478 e. The van der Waals surface area contributed by atoms with Gasteiger partial charge in [0, 0.05) is 0 Å². The molecule has 1 N–H and O–H groups in total. The summed E-state index contributed by atoms with van der Waals surface area (Å²) >= 11 is 0. The Hall–Kier alpha value is -1.38. The van der Waals surface area contributed by atoms with Gasteiger partial charge in [-0.25, -0.2) is 9.18 Å². The molecule has 0 saturated carbocycles. The molecule has 0 fully saturated rings. The Morgan fingerprint density at radius 2 is 2.09 bits per heavy atom. The third-order valence-electron chi connectivity index (χ3n) is 0.959. The summed E-state index contributed by atoms with van der Waals surface area (Å²) in [5.74, 6) is -1.55. The molecule has 2 nitrogen and oxygen atoms in total. The van der Waals surface area contributed by atoms with Crippen molar-refractivity contribution in [3.05, 3.63) is 36.2 Å². The Balaban J connectivity index is 4.50. The molecule has 0 aliphatic carbocycles. The molecule has 0 unspecified atom stereocenters. The number of hydrogen-bond acceptors (Lipinski definition) is 1. The summed E-state index contributed by atoms with van der Waals surface area (Å²) in [5, 5.41) is 8.39. The molecule has 0 atom stereocenters. The maximum Gasteiger partial charge on any atom is 0.335 e. The molecule has 0 bridgehead atoms. The molecule has 11 heavy (non-hydrogen) atoms. The van der Waals surface area contributed by atoms with Gasteiger partial charge in [0.1, 0.15) is 0 Å². The van der Waals surface area contributed by atoms with Gasteiger partial charge in [-0.15, -0.1) is 0 Å². The lowest BCUT2D eigenvalue weighted by Gasteiger charge is -1.89. The second-order valence-corrected chi connectivity index (χ2v) is 1.88. The lowest BCUT2D eigenvalue weighted by atomic mass is 10.2. The smallest absolute Gasteiger partial charge is 0.335 e. The van der Waals surface area contributed by atoms with Crippen LogP contribution in [0.4, 0.5) is 4.39 Å². The highest BCUT2D eigenvalue weighted by molar-refractivity contribution is 5.89. The van der Waals surface area contributed by atoms with E-state index in [1.165, 1.54) is 6.92 Å². The molecule has 3 heteroatoms. The second kappa shape index (κ2) is 4.44. The van der Waals surface area contributed by atoms with E-state index in [1.807, 2.05) is 0 Å². The van der Waals surface area contributed by atoms with Crippen molar-refractivity contribution in [3.8, 4) is 0 Å². The summed E-state index contributed by atoms with van der Waals surface area (Å²) in [4.78, 5) is 10.3. The Bertz CT molecular complexity index is 222. The predicted octanol–water partition coefficient (Wildman–Crippen LogP) is 2.06. The van der Waals surface area contributed by atoms with Crippen molar-refractivity contribution in [1.29, 1.82) is 0 Å². The first kappa shape index (κ1) is 9.62. The second-order valence-electron chi connectivity index (χ2n) is 1.88. The third-order valence-corrected chi connectivity index (χ3v) is 0.959. The number of rotatable bonds is 3. The molecule has 0 spiro atoms. The van der Waals surface area contributed by atoms with Gasteiger partial charge in [-0.05, 0) is 19.1 Å². The van der Waals surface area contributed by atoms with Gasteiger partial charge < -0.3 is 5.11 Å². The van der Waals surface area contributed by atoms with E-state index in [0.717, 1.165) is 18.2 Å². The molecule has 0 heterocycles. The average molecular weight is 156 g/mol. The van der Waals surface area contributed by atoms with E-state index in [0.29, 0.717) is 0 Å². The number of carboxylic acids is 1. The zero-order chi connectivity index (χ0) is 8.85. The van der Waals surface area contributed by atoms with E-state index in [-0.39, 0.29) is 5.57 Å². The first-order valence-electron chi connectivity index (χ1n) is 2.97. The highest BCUT2D eigenvalue weighted by Crippen LogP contribution is 1.99. The molecule has 0 rings (SSSR count). The fourth-order valence-corrected chi connectivity index (χ4v) is 0.431. The lowest BCUT2D eigenvalue weighted by molar-refractivity contribution is -0.132. The normalized spacial score (nSPS) is 12.9. The zero-order valence-electron chi connectivity index (χ0n) is 6.17. The maximum atomic E-state index is 12.1. The number of allylic oxidation sites excluding steroid dienone is 3. The molecule has 0 aliphatic heterocycles. The van der Waals surface area contributed by atoms with Gasteiger partial charge in [0.2, 0.25) is 0 Å². The average Bonchev–Trinajstić information content (AvgIpc) is 1.87. The fraction of sp³-hybridized carbons (Fsp3) is 0.125. The molecular weight excluding hydrogens is 147 g/mol. The summed E-state index contributed by atoms with van der Waals surface area (Å²) in [6.07, 6.45) is 3.39. The lowest BCUT2D eigenvalue weighted by Crippen LogP contribution is -1.95. The quantitative estimate of drug-likeness (QED) is 0.501. The summed E-state index contributed by atoms with van der Waals surface area (Å²) in [5.41, 5.74) is -0.0259. The molecule has 60 valence electrons. The molecule has 0 aliphatic rings. The topological polar surface area (TPSA) is 37.3 Å². The predicted molar refractivity (Wildman–Crippen MR) is 40.8 cm³/mol. The number of carbonyl (C=O) groups is 1. The minimum absolute atomic E-state index is 0.0259. The first-order valence-corrected chi connectivity index (χ1v) is 2.97. The number of halogens is 1. The molecule has 0 aromatic carbocycles. The van der Waals surface area contributed by atoms with Crippen molar-refractivity contribution in [2.24, 2.45) is 0 Å². The number of aliphatic carboxylic acids is 1. The van der Waals surface area contributed by atoms with Gasteiger partial charge in [-0.1, -0.05) is 12.7 Å². The Labute approximate surface area is 64.3 Å². The fourth-order valence-electron chi connectivity index (χ4n) is 0.431. The summed E-state index contributed by atoms with van der Waals surface area (Å²) in [7, 11) is 0. The number of carboxylic acid groups (broad SMARTS) is 1. The summed E-state index contributed by atoms with van der Waals surface area (Å²) in [6.45, 7) is 4.49. The molecule has 0 amide bonds. The minimum atomic E-state index is -1.11. The van der Waals surface area contributed by atoms with Crippen LogP contribution >= 0.6 is 0 Å². The van der Waals surface area contributed by atoms with Crippen LogP contribution in [0.5, 0.6) is 0 Å². The van der Waals surface area contributed by atoms with E-state index in [4.69, 9.17) is 5.11 Å². The third kappa shape index (κ3) is 4.08. The van der Waals surface area contributed by atoms with Crippen LogP contribution in [-0.2, 0) is 4.79 Å². The van der Waals surface area contributed by atoms with Crippen LogP contribution < -0.4 is 0 Å². The molecular formula is C8H9FO2. The Morgan fingerprint density at radius 1 is 1.55 bits per heavy atom. The van der Waals surface area contributed by atoms with Gasteiger partial charge in [-0.2, -0.15) is 0 Å². The SMILES string of the molecule is C=C/C(=C\C=C(/C)F)C(=O)O. The maximum absolute atomic E-state index is 12.1. The summed E-state index contributed by atoms with van der Waals surface area (Å²) < 4.78 is 12.1. The van der Waals surface area contributed by atoms with Crippen LogP contribution in [0, 0.1) is 0 Å². The van der Waals surface area contributed by atoms with Crippen LogP contribution in [0.25, 0.3) is 0 Å². The van der Waals surface area contributed by atoms with Crippen LogP contribution in [0.3, 0.4) is 0 Å².